The van der Waals surface area contributed by atoms with Crippen LogP contribution < -0.4 is 15.8 Å². The number of hydrogen-bond donors (Lipinski definition) is 2. The summed E-state index contributed by atoms with van der Waals surface area (Å²) in [7, 11) is 0. The van der Waals surface area contributed by atoms with Crippen molar-refractivity contribution < 1.29 is 4.74 Å². The lowest BCUT2D eigenvalue weighted by Gasteiger charge is -2.09. The van der Waals surface area contributed by atoms with Gasteiger partial charge in [0.1, 0.15) is 18.4 Å². The highest BCUT2D eigenvalue weighted by atomic mass is 16.5. The Morgan fingerprint density at radius 2 is 1.84 bits per heavy atom. The summed E-state index contributed by atoms with van der Waals surface area (Å²) in [4.78, 5) is 0. The highest BCUT2D eigenvalue weighted by molar-refractivity contribution is 5.66. The van der Waals surface area contributed by atoms with E-state index < -0.39 is 0 Å². The van der Waals surface area contributed by atoms with Crippen molar-refractivity contribution in [1.29, 1.82) is 5.26 Å². The van der Waals surface area contributed by atoms with Crippen molar-refractivity contribution in [3.63, 3.8) is 0 Å². The average molecular weight is 253 g/mol. The van der Waals surface area contributed by atoms with Crippen LogP contribution in [0.4, 0.5) is 11.4 Å². The van der Waals surface area contributed by atoms with Crippen molar-refractivity contribution in [3.05, 3.63) is 54.1 Å². The van der Waals surface area contributed by atoms with E-state index in [1.807, 2.05) is 42.5 Å². The minimum Gasteiger partial charge on any atom is -0.492 e. The summed E-state index contributed by atoms with van der Waals surface area (Å²) in [5, 5.41) is 12.2. The molecule has 0 aliphatic carbocycles. The van der Waals surface area contributed by atoms with E-state index in [0.29, 0.717) is 18.7 Å². The molecule has 0 saturated carbocycles. The molecule has 2 rings (SSSR count). The van der Waals surface area contributed by atoms with E-state index in [2.05, 4.69) is 11.4 Å². The number of nitriles is 1. The fourth-order valence-corrected chi connectivity index (χ4v) is 1.66. The van der Waals surface area contributed by atoms with Crippen molar-refractivity contribution in [2.45, 2.75) is 0 Å². The predicted molar refractivity (Wildman–Crippen MR) is 75.4 cm³/mol. The summed E-state index contributed by atoms with van der Waals surface area (Å²) < 4.78 is 5.40. The molecule has 19 heavy (non-hydrogen) atoms. The third-order valence-electron chi connectivity index (χ3n) is 2.57. The maximum atomic E-state index is 9.02. The van der Waals surface area contributed by atoms with Gasteiger partial charge in [-0.1, -0.05) is 12.1 Å². The van der Waals surface area contributed by atoms with Gasteiger partial charge in [-0.05, 0) is 36.4 Å². The highest BCUT2D eigenvalue weighted by Gasteiger charge is 2.01. The summed E-state index contributed by atoms with van der Waals surface area (Å²) in [6.07, 6.45) is 0. The van der Waals surface area contributed by atoms with Gasteiger partial charge in [0.05, 0.1) is 11.3 Å². The van der Waals surface area contributed by atoms with Gasteiger partial charge in [0.25, 0.3) is 0 Å². The Hall–Kier alpha value is -2.51. The normalized spacial score (nSPS) is 9.68. The molecule has 0 bridgehead atoms. The molecular weight excluding hydrogens is 238 g/mol. The number of nitrogens with one attached hydrogen (secondary N) is 1. The van der Waals surface area contributed by atoms with Crippen molar-refractivity contribution in [2.75, 3.05) is 18.5 Å². The molecule has 0 fully saturated rings. The Balaban J connectivity index is 2.09. The first-order valence-electron chi connectivity index (χ1n) is 6.02. The molecule has 0 atom stereocenters. The van der Waals surface area contributed by atoms with Crippen LogP contribution in [0.1, 0.15) is 5.56 Å². The van der Waals surface area contributed by atoms with E-state index in [1.54, 1.807) is 6.07 Å². The van der Waals surface area contributed by atoms with Crippen LogP contribution >= 0.6 is 0 Å². The molecular formula is C15H15N3O. The van der Waals surface area contributed by atoms with Crippen LogP contribution in [0.25, 0.3) is 0 Å². The van der Waals surface area contributed by atoms with Gasteiger partial charge >= 0.3 is 0 Å². The van der Waals surface area contributed by atoms with E-state index in [4.69, 9.17) is 15.7 Å². The lowest BCUT2D eigenvalue weighted by Crippen LogP contribution is -2.10. The lowest BCUT2D eigenvalue weighted by molar-refractivity contribution is 0.328. The predicted octanol–water partition coefficient (Wildman–Crippen LogP) is 2.64. The standard InChI is InChI=1S/C15H15N3O/c16-9-10-19-14-7-5-13(6-8-14)18-15-4-2-1-3-12(15)11-17/h1-8,18H,9-10,16H2. The molecule has 0 aliphatic rings. The number of anilines is 2. The Kier molecular flexibility index (Phi) is 4.38. The molecule has 0 aromatic heterocycles. The monoisotopic (exact) mass is 253 g/mol. The van der Waals surface area contributed by atoms with Gasteiger partial charge in [-0.15, -0.1) is 0 Å². The van der Waals surface area contributed by atoms with Gasteiger partial charge in [-0.25, -0.2) is 0 Å². The number of rotatable bonds is 5. The Labute approximate surface area is 112 Å². The van der Waals surface area contributed by atoms with Gasteiger partial charge in [0.15, 0.2) is 0 Å². The fourth-order valence-electron chi connectivity index (χ4n) is 1.66. The number of benzene rings is 2. The summed E-state index contributed by atoms with van der Waals surface area (Å²) in [6.45, 7) is 1.000. The van der Waals surface area contributed by atoms with E-state index in [1.165, 1.54) is 0 Å². The van der Waals surface area contributed by atoms with Crippen molar-refractivity contribution in [2.24, 2.45) is 5.73 Å². The first-order chi connectivity index (χ1) is 9.33. The fraction of sp³-hybridized carbons (Fsp3) is 0.133. The lowest BCUT2D eigenvalue weighted by atomic mass is 10.2. The first-order valence-corrected chi connectivity index (χ1v) is 6.02. The van der Waals surface area contributed by atoms with Gasteiger partial charge in [-0.2, -0.15) is 5.26 Å². The zero-order chi connectivity index (χ0) is 13.5. The number of ether oxygens (including phenoxy) is 1. The van der Waals surface area contributed by atoms with Crippen LogP contribution in [0, 0.1) is 11.3 Å². The van der Waals surface area contributed by atoms with Gasteiger partial charge in [0.2, 0.25) is 0 Å². The quantitative estimate of drug-likeness (QED) is 0.859. The summed E-state index contributed by atoms with van der Waals surface area (Å²) in [5.41, 5.74) is 7.69. The molecule has 0 spiro atoms. The van der Waals surface area contributed by atoms with E-state index in [9.17, 15) is 0 Å². The molecule has 3 N–H and O–H groups in total. The molecule has 0 saturated heterocycles. The Morgan fingerprint density at radius 1 is 1.11 bits per heavy atom. The third-order valence-corrected chi connectivity index (χ3v) is 2.57. The molecule has 0 amide bonds. The largest absolute Gasteiger partial charge is 0.492 e. The van der Waals surface area contributed by atoms with Gasteiger partial charge < -0.3 is 15.8 Å². The van der Waals surface area contributed by atoms with Crippen molar-refractivity contribution in [3.8, 4) is 11.8 Å². The maximum Gasteiger partial charge on any atom is 0.119 e. The topological polar surface area (TPSA) is 71.1 Å². The van der Waals surface area contributed by atoms with Crippen LogP contribution in [0.2, 0.25) is 0 Å². The van der Waals surface area contributed by atoms with Crippen LogP contribution in [-0.4, -0.2) is 13.2 Å². The smallest absolute Gasteiger partial charge is 0.119 e. The number of hydrogen-bond acceptors (Lipinski definition) is 4. The number of nitrogens with two attached hydrogens (primary N) is 1. The van der Waals surface area contributed by atoms with Crippen molar-refractivity contribution >= 4 is 11.4 Å². The molecule has 4 heteroatoms. The van der Waals surface area contributed by atoms with E-state index >= 15 is 0 Å². The molecule has 0 aliphatic heterocycles. The van der Waals surface area contributed by atoms with Crippen LogP contribution in [0.15, 0.2) is 48.5 Å². The molecule has 96 valence electrons. The third kappa shape index (κ3) is 3.47. The maximum absolute atomic E-state index is 9.02. The highest BCUT2D eigenvalue weighted by Crippen LogP contribution is 2.22. The minimum atomic E-state index is 0.496. The Bertz CT molecular complexity index is 573. The Morgan fingerprint density at radius 3 is 2.53 bits per heavy atom. The second kappa shape index (κ2) is 6.43. The van der Waals surface area contributed by atoms with Crippen LogP contribution in [0.3, 0.4) is 0 Å². The average Bonchev–Trinajstić information content (AvgIpc) is 2.47. The van der Waals surface area contributed by atoms with Crippen LogP contribution in [-0.2, 0) is 0 Å². The van der Waals surface area contributed by atoms with E-state index in [-0.39, 0.29) is 0 Å². The first kappa shape index (κ1) is 12.9. The zero-order valence-electron chi connectivity index (χ0n) is 10.5. The molecule has 0 heterocycles. The summed E-state index contributed by atoms with van der Waals surface area (Å²) in [6, 6.07) is 17.1. The minimum absolute atomic E-state index is 0.496. The van der Waals surface area contributed by atoms with Crippen molar-refractivity contribution in [1.82, 2.24) is 0 Å². The second-order valence-electron chi connectivity index (χ2n) is 3.94. The molecule has 2 aromatic rings. The summed E-state index contributed by atoms with van der Waals surface area (Å²) in [5.74, 6) is 0.782. The molecule has 4 nitrogen and oxygen atoms in total. The zero-order valence-corrected chi connectivity index (χ0v) is 10.5. The molecule has 0 unspecified atom stereocenters. The van der Waals surface area contributed by atoms with Gasteiger partial charge in [0, 0.05) is 12.2 Å². The van der Waals surface area contributed by atoms with Gasteiger partial charge in [-0.3, -0.25) is 0 Å². The molecule has 0 radical (unpaired) electrons. The second-order valence-corrected chi connectivity index (χ2v) is 3.94. The van der Waals surface area contributed by atoms with E-state index in [0.717, 1.165) is 17.1 Å². The van der Waals surface area contributed by atoms with Crippen LogP contribution in [0.5, 0.6) is 5.75 Å². The summed E-state index contributed by atoms with van der Waals surface area (Å²) >= 11 is 0. The number of nitrogens with zero attached hydrogens (tertiary/aromatic N) is 1. The number of para-hydroxylation sites is 1. The SMILES string of the molecule is N#Cc1ccccc1Nc1ccc(OCCN)cc1. The molecule has 2 aromatic carbocycles.